The first kappa shape index (κ1) is 48.8. The van der Waals surface area contributed by atoms with Crippen molar-refractivity contribution in [1.29, 1.82) is 0 Å². The zero-order chi connectivity index (χ0) is 49.5. The highest BCUT2D eigenvalue weighted by Crippen LogP contribution is 2.60. The average Bonchev–Trinajstić information content (AvgIpc) is 3.92. The van der Waals surface area contributed by atoms with Gasteiger partial charge in [-0.05, 0) is 66.8 Å². The highest BCUT2D eigenvalue weighted by molar-refractivity contribution is 8.00. The van der Waals surface area contributed by atoms with Crippen LogP contribution in [0, 0.1) is 0 Å². The molecule has 354 valence electrons. The molecule has 2 atom stereocenters. The summed E-state index contributed by atoms with van der Waals surface area (Å²) in [5.74, 6) is 0. The van der Waals surface area contributed by atoms with Crippen LogP contribution in [0.1, 0.15) is 39.5 Å². The van der Waals surface area contributed by atoms with Gasteiger partial charge >= 0.3 is 0 Å². The van der Waals surface area contributed by atoms with E-state index in [-0.39, 0.29) is 28.5 Å². The van der Waals surface area contributed by atoms with Crippen molar-refractivity contribution in [1.82, 2.24) is 19.9 Å². The van der Waals surface area contributed by atoms with Crippen molar-refractivity contribution < 1.29 is 104 Å². The smallest absolute Gasteiger partial charge is 0.297 e. The van der Waals surface area contributed by atoms with Crippen molar-refractivity contribution in [2.75, 3.05) is 0 Å². The van der Waals surface area contributed by atoms with Crippen LogP contribution in [0.25, 0.3) is 51.3 Å². The number of benzene rings is 1. The van der Waals surface area contributed by atoms with Gasteiger partial charge in [0, 0.05) is 38.8 Å². The molecule has 0 fully saturated rings. The molecular weight excluding hydrogens is 1060 g/mol. The standard InChI is InChI=1S/C30H22N4O24S8/c35-59(36,37)23-21-22(25(61(41,42)43)27(63(47,48)49)26(23)62(44,45)46)30(66(56,57)58,29(65(53,54)55)28(64(50,51)52)24(21)60(38,39)40)19-10-18-9-16-4-3-14(32-16)7-12-1-2-13(31-12)8-15-5-6-17(33-15)11-20(19)34-18/h1-11,29,32,34H,(H,35,36,37)(H,38,39,40)(H,41,42,43)(H,44,45,46)(H,47,48,49)(H,50,51,52)(H,53,54,55)(H,56,57,58). The SMILES string of the molecule is O=S(=O)(O)C1=C(S(=O)(=O)O)C(S(=O)(=O)O)C(c2cc3cc4ccc(cc5nc(cc6nc(cc2[nH]3)C=C6)C=C5)[nH]4)(S(=O)(=O)O)c2c1c(S(=O)(=O)O)c(S(=O)(=O)O)c(S(=O)(=O)O)c2S(=O)(=O)O. The Kier molecular flexibility index (Phi) is 11.0. The van der Waals surface area contributed by atoms with Crippen LogP contribution in [-0.2, 0) is 85.7 Å². The molecule has 36 heteroatoms. The maximum absolute atomic E-state index is 14.5. The molecule has 28 nitrogen and oxygen atoms in total. The predicted octanol–water partition coefficient (Wildman–Crippen LogP) is 0.488. The molecule has 5 heterocycles. The lowest BCUT2D eigenvalue weighted by Crippen LogP contribution is -2.56. The first-order chi connectivity index (χ1) is 29.8. The highest BCUT2D eigenvalue weighted by Gasteiger charge is 2.70. The lowest BCUT2D eigenvalue weighted by molar-refractivity contribution is 0.411. The largest absolute Gasteiger partial charge is 0.355 e. The van der Waals surface area contributed by atoms with Crippen LogP contribution in [0.4, 0.5) is 0 Å². The number of hydrogen-bond donors (Lipinski definition) is 10. The lowest BCUT2D eigenvalue weighted by Gasteiger charge is -2.43. The van der Waals surface area contributed by atoms with E-state index < -0.39 is 154 Å². The maximum atomic E-state index is 14.5. The summed E-state index contributed by atoms with van der Waals surface area (Å²) in [6, 6.07) is 7.40. The van der Waals surface area contributed by atoms with Crippen LogP contribution in [0.3, 0.4) is 0 Å². The molecule has 66 heavy (non-hydrogen) atoms. The second-order valence-corrected chi connectivity index (χ2v) is 25.1. The second-order valence-electron chi connectivity index (χ2n) is 13.8. The summed E-state index contributed by atoms with van der Waals surface area (Å²) in [6.45, 7) is 0. The average molecular weight is 1080 g/mol. The normalized spacial score (nSPS) is 18.7. The summed E-state index contributed by atoms with van der Waals surface area (Å²) >= 11 is 0. The summed E-state index contributed by atoms with van der Waals surface area (Å²) in [4.78, 5) is -5.83. The van der Waals surface area contributed by atoms with Crippen LogP contribution in [0.5, 0.6) is 0 Å². The Balaban J connectivity index is 2.01. The zero-order valence-corrected chi connectivity index (χ0v) is 37.7. The van der Waals surface area contributed by atoms with Crippen molar-refractivity contribution in [2.24, 2.45) is 0 Å². The summed E-state index contributed by atoms with van der Waals surface area (Å²) < 4.78 is 296. The molecule has 3 aliphatic rings. The monoisotopic (exact) mass is 1080 g/mol. The number of nitrogens with zero attached hydrogens (tertiary/aromatic N) is 2. The Labute approximate surface area is 370 Å². The van der Waals surface area contributed by atoms with Crippen LogP contribution in [-0.4, -0.2) is 129 Å². The number of rotatable bonds is 9. The zero-order valence-electron chi connectivity index (χ0n) is 31.2. The quantitative estimate of drug-likeness (QED) is 0.0881. The molecule has 1 aromatic carbocycles. The van der Waals surface area contributed by atoms with Crippen molar-refractivity contribution in [2.45, 2.75) is 29.6 Å². The van der Waals surface area contributed by atoms with Gasteiger partial charge in [-0.2, -0.15) is 67.3 Å². The second kappa shape index (κ2) is 14.9. The fourth-order valence-electron chi connectivity index (χ4n) is 7.61. The van der Waals surface area contributed by atoms with Crippen molar-refractivity contribution in [3.63, 3.8) is 0 Å². The van der Waals surface area contributed by atoms with Gasteiger partial charge in [0.15, 0.2) is 10.00 Å². The third-order valence-corrected chi connectivity index (χ3v) is 18.7. The first-order valence-electron chi connectivity index (χ1n) is 16.6. The summed E-state index contributed by atoms with van der Waals surface area (Å²) in [6.07, 6.45) is 5.46. The minimum Gasteiger partial charge on any atom is -0.355 e. The number of H-pyrrole nitrogens is 2. The molecule has 3 aromatic heterocycles. The van der Waals surface area contributed by atoms with E-state index in [4.69, 9.17) is 0 Å². The van der Waals surface area contributed by atoms with E-state index in [1.54, 1.807) is 6.08 Å². The third kappa shape index (κ3) is 8.21. The number of aromatic amines is 2. The molecule has 7 rings (SSSR count). The molecule has 8 bridgehead atoms. The number of hydrogen-bond acceptors (Lipinski definition) is 18. The lowest BCUT2D eigenvalue weighted by atomic mass is 9.80. The van der Waals surface area contributed by atoms with E-state index in [0.717, 1.165) is 12.1 Å². The Bertz CT molecular complexity index is 4150. The number of fused-ring (bicyclic) bond motifs is 9. The van der Waals surface area contributed by atoms with Gasteiger partial charge in [-0.15, -0.1) is 0 Å². The Hall–Kier alpha value is -5.16. The van der Waals surface area contributed by atoms with Gasteiger partial charge in [0.2, 0.25) is 0 Å². The Morgan fingerprint density at radius 3 is 1.32 bits per heavy atom. The number of aromatic nitrogens is 4. The fraction of sp³-hybridized carbons (Fsp3) is 0.0667. The molecule has 0 spiro atoms. The van der Waals surface area contributed by atoms with Gasteiger partial charge in [0.25, 0.3) is 80.9 Å². The van der Waals surface area contributed by atoms with Gasteiger partial charge in [-0.3, -0.25) is 36.4 Å². The molecule has 2 aliphatic heterocycles. The van der Waals surface area contributed by atoms with E-state index in [1.807, 2.05) is 0 Å². The minimum absolute atomic E-state index is 0.0137. The topological polar surface area (TPSA) is 492 Å². The van der Waals surface area contributed by atoms with Crippen molar-refractivity contribution >= 4 is 132 Å². The first-order valence-corrected chi connectivity index (χ1v) is 28.2. The van der Waals surface area contributed by atoms with Gasteiger partial charge in [0.05, 0.1) is 22.8 Å². The van der Waals surface area contributed by atoms with E-state index in [2.05, 4.69) is 19.9 Å². The third-order valence-electron chi connectivity index (χ3n) is 9.59. The highest BCUT2D eigenvalue weighted by atomic mass is 32.3. The minimum atomic E-state index is -7.46. The van der Waals surface area contributed by atoms with E-state index >= 15 is 0 Å². The van der Waals surface area contributed by atoms with E-state index in [0.29, 0.717) is 11.8 Å². The van der Waals surface area contributed by atoms with Gasteiger partial charge in [-0.1, -0.05) is 0 Å². The summed E-state index contributed by atoms with van der Waals surface area (Å²) in [7, 11) is -57.9. The van der Waals surface area contributed by atoms with E-state index in [9.17, 15) is 104 Å². The van der Waals surface area contributed by atoms with Crippen LogP contribution in [0.15, 0.2) is 67.0 Å². The Morgan fingerprint density at radius 1 is 0.455 bits per heavy atom. The molecule has 1 aliphatic carbocycles. The van der Waals surface area contributed by atoms with E-state index in [1.165, 1.54) is 36.4 Å². The predicted molar refractivity (Wildman–Crippen MR) is 222 cm³/mol. The molecule has 10 N–H and O–H groups in total. The van der Waals surface area contributed by atoms with Gasteiger partial charge in [-0.25, -0.2) is 9.97 Å². The molecule has 0 saturated heterocycles. The summed E-state index contributed by atoms with van der Waals surface area (Å²) in [5.41, 5.74) is -9.28. The molecule has 4 aromatic rings. The maximum Gasteiger partial charge on any atom is 0.297 e. The fourth-order valence-corrected chi connectivity index (χ4v) is 19.0. The molecule has 0 radical (unpaired) electrons. The Morgan fingerprint density at radius 2 is 0.894 bits per heavy atom. The molecule has 2 unspecified atom stereocenters. The van der Waals surface area contributed by atoms with Crippen molar-refractivity contribution in [3.05, 3.63) is 86.8 Å². The van der Waals surface area contributed by atoms with Crippen LogP contribution < -0.4 is 0 Å². The summed E-state index contributed by atoms with van der Waals surface area (Å²) in [5, 5.41) is -4.74. The molecule has 0 amide bonds. The van der Waals surface area contributed by atoms with Crippen molar-refractivity contribution in [3.8, 4) is 0 Å². The van der Waals surface area contributed by atoms with Crippen LogP contribution >= 0.6 is 0 Å². The van der Waals surface area contributed by atoms with Crippen LogP contribution in [0.2, 0.25) is 0 Å². The number of nitrogens with one attached hydrogen (secondary N) is 2. The molecule has 0 saturated carbocycles. The van der Waals surface area contributed by atoms with Gasteiger partial charge < -0.3 is 9.97 Å². The molecular formula is C30H22N4O24S8. The van der Waals surface area contributed by atoms with Gasteiger partial charge in [0.1, 0.15) is 29.4 Å².